The Morgan fingerprint density at radius 2 is 1.83 bits per heavy atom. The molecule has 1 amide bonds. The van der Waals surface area contributed by atoms with Gasteiger partial charge in [-0.2, -0.15) is 0 Å². The van der Waals surface area contributed by atoms with Gasteiger partial charge in [-0.05, 0) is 55.7 Å². The first kappa shape index (κ1) is 18.4. The van der Waals surface area contributed by atoms with E-state index in [1.54, 1.807) is 13.8 Å². The second kappa shape index (κ2) is 7.28. The number of halogens is 3. The average molecular weight is 354 g/mol. The fourth-order valence-corrected chi connectivity index (χ4v) is 2.85. The van der Waals surface area contributed by atoms with Gasteiger partial charge in [-0.25, -0.2) is 8.78 Å². The van der Waals surface area contributed by atoms with Gasteiger partial charge in [0, 0.05) is 23.2 Å². The lowest BCUT2D eigenvalue weighted by Crippen LogP contribution is -2.25. The second-order valence-electron chi connectivity index (χ2n) is 5.52. The Kier molecular flexibility index (Phi) is 5.57. The summed E-state index contributed by atoms with van der Waals surface area (Å²) >= 11 is 6.19. The molecular formula is C18H18ClF2NO2. The Morgan fingerprint density at radius 1 is 1.25 bits per heavy atom. The van der Waals surface area contributed by atoms with Crippen molar-refractivity contribution in [2.75, 3.05) is 6.54 Å². The van der Waals surface area contributed by atoms with E-state index in [1.807, 2.05) is 0 Å². The molecule has 0 aliphatic carbocycles. The van der Waals surface area contributed by atoms with Crippen molar-refractivity contribution >= 4 is 17.5 Å². The van der Waals surface area contributed by atoms with Crippen LogP contribution in [0.4, 0.5) is 8.78 Å². The van der Waals surface area contributed by atoms with E-state index >= 15 is 0 Å². The molecule has 2 rings (SSSR count). The van der Waals surface area contributed by atoms with Gasteiger partial charge in [-0.15, -0.1) is 0 Å². The zero-order valence-electron chi connectivity index (χ0n) is 13.6. The fourth-order valence-electron chi connectivity index (χ4n) is 2.64. The minimum absolute atomic E-state index is 0.171. The first-order valence-electron chi connectivity index (χ1n) is 7.52. The van der Waals surface area contributed by atoms with Crippen molar-refractivity contribution in [1.82, 2.24) is 5.32 Å². The SMILES string of the molecule is CCNC(=O)c1c(C)c(Cl)cc(C(C)O)c1-c1cc(F)cc(F)c1. The van der Waals surface area contributed by atoms with E-state index in [-0.39, 0.29) is 16.7 Å². The molecule has 0 aliphatic rings. The van der Waals surface area contributed by atoms with E-state index < -0.39 is 23.6 Å². The van der Waals surface area contributed by atoms with Crippen molar-refractivity contribution in [2.45, 2.75) is 26.9 Å². The summed E-state index contributed by atoms with van der Waals surface area (Å²) in [6, 6.07) is 4.52. The number of nitrogens with one attached hydrogen (secondary N) is 1. The highest BCUT2D eigenvalue weighted by Crippen LogP contribution is 2.37. The van der Waals surface area contributed by atoms with Crippen LogP contribution in [0, 0.1) is 18.6 Å². The Hall–Kier alpha value is -1.98. The largest absolute Gasteiger partial charge is 0.389 e. The molecule has 128 valence electrons. The first-order valence-corrected chi connectivity index (χ1v) is 7.89. The van der Waals surface area contributed by atoms with E-state index in [0.29, 0.717) is 22.7 Å². The van der Waals surface area contributed by atoms with Gasteiger partial charge in [0.25, 0.3) is 5.91 Å². The molecule has 6 heteroatoms. The topological polar surface area (TPSA) is 49.3 Å². The lowest BCUT2D eigenvalue weighted by Gasteiger charge is -2.20. The van der Waals surface area contributed by atoms with Gasteiger partial charge in [0.15, 0.2) is 0 Å². The van der Waals surface area contributed by atoms with Crippen LogP contribution in [0.3, 0.4) is 0 Å². The van der Waals surface area contributed by atoms with Gasteiger partial charge < -0.3 is 10.4 Å². The molecule has 2 aromatic carbocycles. The Labute approximate surface area is 144 Å². The summed E-state index contributed by atoms with van der Waals surface area (Å²) in [7, 11) is 0. The van der Waals surface area contributed by atoms with E-state index in [4.69, 9.17) is 11.6 Å². The predicted molar refractivity (Wildman–Crippen MR) is 90.2 cm³/mol. The molecule has 0 radical (unpaired) electrons. The van der Waals surface area contributed by atoms with Gasteiger partial charge in [0.2, 0.25) is 0 Å². The van der Waals surface area contributed by atoms with Crippen LogP contribution >= 0.6 is 11.6 Å². The Bertz CT molecular complexity index is 771. The third-order valence-corrected chi connectivity index (χ3v) is 4.11. The van der Waals surface area contributed by atoms with Crippen LogP contribution in [0.2, 0.25) is 5.02 Å². The molecule has 0 heterocycles. The maximum absolute atomic E-state index is 13.7. The number of carbonyl (C=O) groups is 1. The minimum Gasteiger partial charge on any atom is -0.389 e. The van der Waals surface area contributed by atoms with E-state index in [2.05, 4.69) is 5.32 Å². The molecule has 2 aromatic rings. The summed E-state index contributed by atoms with van der Waals surface area (Å²) in [5.74, 6) is -1.95. The smallest absolute Gasteiger partial charge is 0.252 e. The van der Waals surface area contributed by atoms with Crippen molar-refractivity contribution in [3.05, 3.63) is 57.6 Å². The highest BCUT2D eigenvalue weighted by atomic mass is 35.5. The van der Waals surface area contributed by atoms with Crippen LogP contribution in [0.1, 0.15) is 41.4 Å². The number of rotatable bonds is 4. The van der Waals surface area contributed by atoms with E-state index in [0.717, 1.165) is 18.2 Å². The molecule has 3 nitrogen and oxygen atoms in total. The molecule has 0 fully saturated rings. The van der Waals surface area contributed by atoms with Crippen LogP contribution in [-0.2, 0) is 0 Å². The molecule has 0 bridgehead atoms. The molecule has 0 saturated carbocycles. The number of benzene rings is 2. The van der Waals surface area contributed by atoms with Crippen molar-refractivity contribution in [3.8, 4) is 11.1 Å². The number of aliphatic hydroxyl groups is 1. The summed E-state index contributed by atoms with van der Waals surface area (Å²) in [4.78, 5) is 12.5. The molecule has 0 aromatic heterocycles. The molecule has 1 atom stereocenters. The normalized spacial score (nSPS) is 12.1. The van der Waals surface area contributed by atoms with E-state index in [1.165, 1.54) is 13.0 Å². The summed E-state index contributed by atoms with van der Waals surface area (Å²) in [5.41, 5.74) is 1.45. The summed E-state index contributed by atoms with van der Waals surface area (Å²) in [5, 5.41) is 13.0. The van der Waals surface area contributed by atoms with Crippen molar-refractivity contribution < 1.29 is 18.7 Å². The standard InChI is InChI=1S/C18H18ClF2NO2/c1-4-22-18(24)16-9(2)15(19)8-14(10(3)23)17(16)11-5-12(20)7-13(21)6-11/h5-8,10,23H,4H2,1-3H3,(H,22,24). The van der Waals surface area contributed by atoms with Crippen LogP contribution in [0.15, 0.2) is 24.3 Å². The fraction of sp³-hybridized carbons (Fsp3) is 0.278. The summed E-state index contributed by atoms with van der Waals surface area (Å²) < 4.78 is 27.4. The highest BCUT2D eigenvalue weighted by Gasteiger charge is 2.24. The predicted octanol–water partition coefficient (Wildman–Crippen LogP) is 4.40. The molecule has 2 N–H and O–H groups in total. The zero-order valence-corrected chi connectivity index (χ0v) is 14.3. The Morgan fingerprint density at radius 3 is 2.33 bits per heavy atom. The maximum Gasteiger partial charge on any atom is 0.252 e. The highest BCUT2D eigenvalue weighted by molar-refractivity contribution is 6.32. The van der Waals surface area contributed by atoms with Crippen molar-refractivity contribution in [2.24, 2.45) is 0 Å². The lowest BCUT2D eigenvalue weighted by molar-refractivity contribution is 0.0955. The number of hydrogen-bond donors (Lipinski definition) is 2. The quantitative estimate of drug-likeness (QED) is 0.856. The molecular weight excluding hydrogens is 336 g/mol. The van der Waals surface area contributed by atoms with Crippen LogP contribution in [0.25, 0.3) is 11.1 Å². The number of hydrogen-bond acceptors (Lipinski definition) is 2. The van der Waals surface area contributed by atoms with Gasteiger partial charge >= 0.3 is 0 Å². The van der Waals surface area contributed by atoms with Crippen LogP contribution in [0.5, 0.6) is 0 Å². The number of amides is 1. The summed E-state index contributed by atoms with van der Waals surface area (Å²) in [6.07, 6.45) is -0.974. The number of aliphatic hydroxyl groups excluding tert-OH is 1. The number of carbonyl (C=O) groups excluding carboxylic acids is 1. The lowest BCUT2D eigenvalue weighted by atomic mass is 9.88. The Balaban J connectivity index is 2.88. The van der Waals surface area contributed by atoms with Gasteiger partial charge in [0.05, 0.1) is 11.7 Å². The zero-order chi connectivity index (χ0) is 18.0. The maximum atomic E-state index is 13.7. The first-order chi connectivity index (χ1) is 11.3. The minimum atomic E-state index is -0.974. The van der Waals surface area contributed by atoms with Gasteiger partial charge in [0.1, 0.15) is 11.6 Å². The molecule has 24 heavy (non-hydrogen) atoms. The van der Waals surface area contributed by atoms with Crippen molar-refractivity contribution in [3.63, 3.8) is 0 Å². The molecule has 0 saturated heterocycles. The summed E-state index contributed by atoms with van der Waals surface area (Å²) in [6.45, 7) is 5.29. The monoisotopic (exact) mass is 353 g/mol. The van der Waals surface area contributed by atoms with Crippen LogP contribution < -0.4 is 5.32 Å². The van der Waals surface area contributed by atoms with Crippen molar-refractivity contribution in [1.29, 1.82) is 0 Å². The molecule has 0 spiro atoms. The van der Waals surface area contributed by atoms with Gasteiger partial charge in [-0.1, -0.05) is 11.6 Å². The van der Waals surface area contributed by atoms with E-state index in [9.17, 15) is 18.7 Å². The van der Waals surface area contributed by atoms with Gasteiger partial charge in [-0.3, -0.25) is 4.79 Å². The third-order valence-electron chi connectivity index (χ3n) is 3.72. The average Bonchev–Trinajstić information content (AvgIpc) is 2.48. The van der Waals surface area contributed by atoms with Crippen LogP contribution in [-0.4, -0.2) is 17.6 Å². The second-order valence-corrected chi connectivity index (χ2v) is 5.92. The molecule has 0 aliphatic heterocycles. The third kappa shape index (κ3) is 3.57. The molecule has 1 unspecified atom stereocenters.